The summed E-state index contributed by atoms with van der Waals surface area (Å²) in [5.74, 6) is -0.0773. The molecule has 0 rings (SSSR count). The van der Waals surface area contributed by atoms with Gasteiger partial charge in [0.15, 0.2) is 0 Å². The molecule has 0 aliphatic carbocycles. The minimum Gasteiger partial charge on any atom is -0.392 e. The molecule has 0 aliphatic heterocycles. The van der Waals surface area contributed by atoms with Crippen LogP contribution in [-0.2, 0) is 4.79 Å². The summed E-state index contributed by atoms with van der Waals surface area (Å²) >= 11 is 4.85. The van der Waals surface area contributed by atoms with E-state index in [4.69, 9.17) is 18.0 Å². The molecule has 15 heavy (non-hydrogen) atoms. The van der Waals surface area contributed by atoms with Crippen LogP contribution in [0.4, 0.5) is 0 Å². The van der Waals surface area contributed by atoms with Crippen molar-refractivity contribution in [3.63, 3.8) is 0 Å². The van der Waals surface area contributed by atoms with Crippen LogP contribution in [0.15, 0.2) is 0 Å². The van der Waals surface area contributed by atoms with Crippen molar-refractivity contribution in [3.8, 4) is 0 Å². The predicted molar refractivity (Wildman–Crippen MR) is 67.7 cm³/mol. The summed E-state index contributed by atoms with van der Waals surface area (Å²) in [6, 6.07) is 0. The molecule has 0 atom stereocenters. The fourth-order valence-corrected chi connectivity index (χ4v) is 1.18. The summed E-state index contributed by atoms with van der Waals surface area (Å²) in [6.45, 7) is 6.37. The quantitative estimate of drug-likeness (QED) is 0.519. The van der Waals surface area contributed by atoms with Crippen LogP contribution in [-0.4, -0.2) is 17.4 Å². The van der Waals surface area contributed by atoms with E-state index in [0.29, 0.717) is 6.54 Å². The second-order valence-electron chi connectivity index (χ2n) is 4.31. The SMILES string of the molecule is CCCCCCNC(=O)C(C)(C)C(N)=S. The lowest BCUT2D eigenvalue weighted by Crippen LogP contribution is -2.45. The fraction of sp³-hybridized carbons (Fsp3) is 0.818. The molecule has 0 saturated heterocycles. The largest absolute Gasteiger partial charge is 0.392 e. The zero-order valence-electron chi connectivity index (χ0n) is 9.93. The minimum atomic E-state index is -0.736. The Labute approximate surface area is 97.8 Å². The summed E-state index contributed by atoms with van der Waals surface area (Å²) in [7, 11) is 0. The van der Waals surface area contributed by atoms with Crippen LogP contribution in [0.25, 0.3) is 0 Å². The monoisotopic (exact) mass is 230 g/mol. The van der Waals surface area contributed by atoms with Gasteiger partial charge in [-0.05, 0) is 20.3 Å². The molecule has 0 unspecified atom stereocenters. The number of carbonyl (C=O) groups excluding carboxylic acids is 1. The minimum absolute atomic E-state index is 0.0773. The zero-order chi connectivity index (χ0) is 11.9. The van der Waals surface area contributed by atoms with Crippen LogP contribution in [0.5, 0.6) is 0 Å². The van der Waals surface area contributed by atoms with Gasteiger partial charge in [-0.1, -0.05) is 38.4 Å². The molecule has 0 aliphatic rings. The maximum atomic E-state index is 11.7. The highest BCUT2D eigenvalue weighted by Gasteiger charge is 2.30. The molecule has 0 radical (unpaired) electrons. The first-order valence-electron chi connectivity index (χ1n) is 5.51. The van der Waals surface area contributed by atoms with Crippen molar-refractivity contribution in [2.24, 2.45) is 11.1 Å². The van der Waals surface area contributed by atoms with E-state index in [1.165, 1.54) is 12.8 Å². The van der Waals surface area contributed by atoms with Gasteiger partial charge in [0.1, 0.15) is 0 Å². The molecule has 0 bridgehead atoms. The average Bonchev–Trinajstić information content (AvgIpc) is 2.16. The number of thiocarbonyl (C=S) groups is 1. The highest BCUT2D eigenvalue weighted by Crippen LogP contribution is 2.15. The van der Waals surface area contributed by atoms with Gasteiger partial charge in [0, 0.05) is 6.54 Å². The third-order valence-electron chi connectivity index (χ3n) is 2.50. The molecule has 3 nitrogen and oxygen atoms in total. The summed E-state index contributed by atoms with van der Waals surface area (Å²) in [4.78, 5) is 11.9. The van der Waals surface area contributed by atoms with E-state index < -0.39 is 5.41 Å². The van der Waals surface area contributed by atoms with E-state index in [1.807, 2.05) is 0 Å². The molecule has 4 heteroatoms. The molecule has 88 valence electrons. The molecule has 1 amide bonds. The van der Waals surface area contributed by atoms with Gasteiger partial charge in [0.25, 0.3) is 0 Å². The van der Waals surface area contributed by atoms with Gasteiger partial charge in [-0.3, -0.25) is 4.79 Å². The van der Waals surface area contributed by atoms with Crippen molar-refractivity contribution >= 4 is 23.1 Å². The Balaban J connectivity index is 3.79. The third kappa shape index (κ3) is 5.11. The Hall–Kier alpha value is -0.640. The molecule has 0 aromatic carbocycles. The number of hydrogen-bond acceptors (Lipinski definition) is 2. The maximum Gasteiger partial charge on any atom is 0.232 e. The standard InChI is InChI=1S/C11H22N2OS/c1-4-5-6-7-8-13-10(14)11(2,3)9(12)15/h4-8H2,1-3H3,(H2,12,15)(H,13,14). The topological polar surface area (TPSA) is 55.1 Å². The molecule has 0 aromatic rings. The number of hydrogen-bond donors (Lipinski definition) is 2. The second-order valence-corrected chi connectivity index (χ2v) is 4.75. The van der Waals surface area contributed by atoms with Gasteiger partial charge in [0.2, 0.25) is 5.91 Å². The van der Waals surface area contributed by atoms with E-state index in [0.717, 1.165) is 12.8 Å². The summed E-state index contributed by atoms with van der Waals surface area (Å²) in [5.41, 5.74) is 4.76. The third-order valence-corrected chi connectivity index (χ3v) is 3.01. The summed E-state index contributed by atoms with van der Waals surface area (Å²) in [5, 5.41) is 2.86. The van der Waals surface area contributed by atoms with Gasteiger partial charge >= 0.3 is 0 Å². The lowest BCUT2D eigenvalue weighted by atomic mass is 9.92. The molecular weight excluding hydrogens is 208 g/mol. The van der Waals surface area contributed by atoms with Gasteiger partial charge in [-0.25, -0.2) is 0 Å². The highest BCUT2D eigenvalue weighted by atomic mass is 32.1. The predicted octanol–water partition coefficient (Wildman–Crippen LogP) is 2.00. The second kappa shape index (κ2) is 6.77. The Kier molecular flexibility index (Phi) is 6.48. The summed E-state index contributed by atoms with van der Waals surface area (Å²) in [6.07, 6.45) is 4.60. The van der Waals surface area contributed by atoms with E-state index in [1.54, 1.807) is 13.8 Å². The Morgan fingerprint density at radius 3 is 2.40 bits per heavy atom. The number of unbranched alkanes of at least 4 members (excludes halogenated alkanes) is 3. The molecule has 3 N–H and O–H groups in total. The number of nitrogens with two attached hydrogens (primary N) is 1. The lowest BCUT2D eigenvalue weighted by molar-refractivity contribution is -0.126. The van der Waals surface area contributed by atoms with E-state index in [-0.39, 0.29) is 10.9 Å². The smallest absolute Gasteiger partial charge is 0.232 e. The van der Waals surface area contributed by atoms with Gasteiger partial charge < -0.3 is 11.1 Å². The summed E-state index contributed by atoms with van der Waals surface area (Å²) < 4.78 is 0. The van der Waals surface area contributed by atoms with Crippen LogP contribution < -0.4 is 11.1 Å². The Bertz CT molecular complexity index is 227. The number of amides is 1. The highest BCUT2D eigenvalue weighted by molar-refractivity contribution is 7.80. The zero-order valence-corrected chi connectivity index (χ0v) is 10.7. The maximum absolute atomic E-state index is 11.7. The fourth-order valence-electron chi connectivity index (χ4n) is 1.09. The Morgan fingerprint density at radius 2 is 1.93 bits per heavy atom. The van der Waals surface area contributed by atoms with Gasteiger partial charge in [0.05, 0.1) is 10.4 Å². The van der Waals surface area contributed by atoms with Crippen LogP contribution >= 0.6 is 12.2 Å². The Morgan fingerprint density at radius 1 is 1.33 bits per heavy atom. The van der Waals surface area contributed by atoms with E-state index in [2.05, 4.69) is 12.2 Å². The van der Waals surface area contributed by atoms with Crippen molar-refractivity contribution in [1.29, 1.82) is 0 Å². The van der Waals surface area contributed by atoms with Crippen molar-refractivity contribution in [2.75, 3.05) is 6.54 Å². The molecule has 0 spiro atoms. The van der Waals surface area contributed by atoms with Crippen molar-refractivity contribution in [1.82, 2.24) is 5.32 Å². The van der Waals surface area contributed by atoms with Crippen LogP contribution in [0.1, 0.15) is 46.5 Å². The van der Waals surface area contributed by atoms with E-state index >= 15 is 0 Å². The van der Waals surface area contributed by atoms with Crippen molar-refractivity contribution in [3.05, 3.63) is 0 Å². The van der Waals surface area contributed by atoms with Gasteiger partial charge in [-0.15, -0.1) is 0 Å². The first-order chi connectivity index (χ1) is 6.92. The van der Waals surface area contributed by atoms with Crippen LogP contribution in [0.3, 0.4) is 0 Å². The van der Waals surface area contributed by atoms with Crippen molar-refractivity contribution < 1.29 is 4.79 Å². The first-order valence-corrected chi connectivity index (χ1v) is 5.92. The molecule has 0 saturated carbocycles. The average molecular weight is 230 g/mol. The number of carbonyl (C=O) groups is 1. The molecule has 0 fully saturated rings. The molecular formula is C11H22N2OS. The van der Waals surface area contributed by atoms with Crippen molar-refractivity contribution in [2.45, 2.75) is 46.5 Å². The molecule has 0 heterocycles. The van der Waals surface area contributed by atoms with E-state index in [9.17, 15) is 4.79 Å². The lowest BCUT2D eigenvalue weighted by Gasteiger charge is -2.21. The van der Waals surface area contributed by atoms with Crippen LogP contribution in [0.2, 0.25) is 0 Å². The van der Waals surface area contributed by atoms with Crippen LogP contribution in [0, 0.1) is 5.41 Å². The first kappa shape index (κ1) is 14.4. The normalized spacial score (nSPS) is 11.1. The van der Waals surface area contributed by atoms with Gasteiger partial charge in [-0.2, -0.15) is 0 Å². The number of nitrogens with one attached hydrogen (secondary N) is 1. The molecule has 0 aromatic heterocycles. The number of rotatable bonds is 7.